The Hall–Kier alpha value is 0.220. The maximum atomic E-state index is 9.12. The van der Waals surface area contributed by atoms with Gasteiger partial charge in [-0.1, -0.05) is 0 Å². The molecule has 0 aliphatic carbocycles. The standard InChI is InChI=1S/C9H7IOS2/c10-9-6(12)1-2-7-8(9)5(3-11)4-13-7/h1-2,4,11-12H,3H2. The third-order valence-electron chi connectivity index (χ3n) is 1.90. The maximum absolute atomic E-state index is 9.12. The highest BCUT2D eigenvalue weighted by molar-refractivity contribution is 14.1. The second-order valence-electron chi connectivity index (χ2n) is 2.69. The molecule has 68 valence electrons. The first kappa shape index (κ1) is 9.76. The summed E-state index contributed by atoms with van der Waals surface area (Å²) in [7, 11) is 0. The van der Waals surface area contributed by atoms with Crippen molar-refractivity contribution in [2.75, 3.05) is 0 Å². The molecule has 13 heavy (non-hydrogen) atoms. The fraction of sp³-hybridized carbons (Fsp3) is 0.111. The van der Waals surface area contributed by atoms with Crippen LogP contribution in [0.3, 0.4) is 0 Å². The van der Waals surface area contributed by atoms with E-state index in [2.05, 4.69) is 35.2 Å². The van der Waals surface area contributed by atoms with Crippen LogP contribution in [0.25, 0.3) is 10.1 Å². The molecule has 4 heteroatoms. The van der Waals surface area contributed by atoms with Crippen LogP contribution in [0, 0.1) is 3.57 Å². The summed E-state index contributed by atoms with van der Waals surface area (Å²) in [6.45, 7) is 0.104. The van der Waals surface area contributed by atoms with Crippen molar-refractivity contribution in [1.82, 2.24) is 0 Å². The molecule has 0 aliphatic heterocycles. The first-order chi connectivity index (χ1) is 6.24. The number of fused-ring (bicyclic) bond motifs is 1. The van der Waals surface area contributed by atoms with Crippen molar-refractivity contribution < 1.29 is 5.11 Å². The number of aliphatic hydroxyl groups excluding tert-OH is 1. The van der Waals surface area contributed by atoms with Crippen molar-refractivity contribution in [3.8, 4) is 0 Å². The molecule has 0 aliphatic rings. The van der Waals surface area contributed by atoms with E-state index in [0.29, 0.717) is 0 Å². The van der Waals surface area contributed by atoms with Gasteiger partial charge < -0.3 is 5.11 Å². The second kappa shape index (κ2) is 3.76. The Kier molecular flexibility index (Phi) is 2.83. The Labute approximate surface area is 99.3 Å². The van der Waals surface area contributed by atoms with Gasteiger partial charge in [0.15, 0.2) is 0 Å². The van der Waals surface area contributed by atoms with E-state index in [9.17, 15) is 0 Å². The average Bonchev–Trinajstić information content (AvgIpc) is 2.55. The molecule has 0 saturated carbocycles. The van der Waals surface area contributed by atoms with Gasteiger partial charge in [0.05, 0.1) is 6.61 Å². The number of hydrogen-bond donors (Lipinski definition) is 2. The molecular weight excluding hydrogens is 315 g/mol. The quantitative estimate of drug-likeness (QED) is 0.610. The fourth-order valence-electron chi connectivity index (χ4n) is 1.25. The van der Waals surface area contributed by atoms with Gasteiger partial charge in [0.25, 0.3) is 0 Å². The highest BCUT2D eigenvalue weighted by Crippen LogP contribution is 2.33. The maximum Gasteiger partial charge on any atom is 0.0696 e. The lowest BCUT2D eigenvalue weighted by Gasteiger charge is -2.00. The first-order valence-electron chi connectivity index (χ1n) is 3.72. The number of thiophene rings is 1. The molecule has 0 amide bonds. The van der Waals surface area contributed by atoms with E-state index in [-0.39, 0.29) is 6.61 Å². The Morgan fingerprint density at radius 1 is 1.46 bits per heavy atom. The lowest BCUT2D eigenvalue weighted by Crippen LogP contribution is -1.83. The fourth-order valence-corrected chi connectivity index (χ4v) is 3.40. The van der Waals surface area contributed by atoms with Crippen LogP contribution in [-0.2, 0) is 6.61 Å². The summed E-state index contributed by atoms with van der Waals surface area (Å²) in [5.74, 6) is 0. The number of halogens is 1. The van der Waals surface area contributed by atoms with Gasteiger partial charge in [-0.3, -0.25) is 0 Å². The third-order valence-corrected chi connectivity index (χ3v) is 4.82. The molecule has 0 spiro atoms. The molecule has 2 aromatic rings. The van der Waals surface area contributed by atoms with E-state index < -0.39 is 0 Å². The number of benzene rings is 1. The third kappa shape index (κ3) is 1.60. The topological polar surface area (TPSA) is 20.2 Å². The predicted molar refractivity (Wildman–Crippen MR) is 67.7 cm³/mol. The number of thiol groups is 1. The molecule has 0 saturated heterocycles. The molecule has 0 unspecified atom stereocenters. The van der Waals surface area contributed by atoms with Crippen molar-refractivity contribution >= 4 is 56.6 Å². The number of aliphatic hydroxyl groups is 1. The van der Waals surface area contributed by atoms with E-state index in [1.54, 1.807) is 11.3 Å². The van der Waals surface area contributed by atoms with E-state index in [4.69, 9.17) is 5.11 Å². The van der Waals surface area contributed by atoms with Crippen LogP contribution in [0.15, 0.2) is 22.4 Å². The van der Waals surface area contributed by atoms with Gasteiger partial charge in [-0.25, -0.2) is 0 Å². The summed E-state index contributed by atoms with van der Waals surface area (Å²) in [6.07, 6.45) is 0. The van der Waals surface area contributed by atoms with E-state index >= 15 is 0 Å². The van der Waals surface area contributed by atoms with E-state index in [1.165, 1.54) is 4.70 Å². The van der Waals surface area contributed by atoms with Crippen LogP contribution in [-0.4, -0.2) is 5.11 Å². The summed E-state index contributed by atoms with van der Waals surface area (Å²) in [5, 5.41) is 12.3. The lowest BCUT2D eigenvalue weighted by atomic mass is 10.2. The zero-order chi connectivity index (χ0) is 9.42. The zero-order valence-corrected chi connectivity index (χ0v) is 10.5. The van der Waals surface area contributed by atoms with Crippen molar-refractivity contribution in [2.45, 2.75) is 11.5 Å². The molecule has 1 nitrogen and oxygen atoms in total. The van der Waals surface area contributed by atoms with Gasteiger partial charge in [0.2, 0.25) is 0 Å². The van der Waals surface area contributed by atoms with Crippen LogP contribution in [0.5, 0.6) is 0 Å². The molecule has 2 rings (SSSR count). The Morgan fingerprint density at radius 2 is 2.23 bits per heavy atom. The van der Waals surface area contributed by atoms with Crippen molar-refractivity contribution in [3.05, 3.63) is 26.6 Å². The molecule has 1 aromatic heterocycles. The molecular formula is C9H7IOS2. The van der Waals surface area contributed by atoms with Crippen LogP contribution in [0.1, 0.15) is 5.56 Å². The SMILES string of the molecule is OCc1csc2ccc(S)c(I)c12. The largest absolute Gasteiger partial charge is 0.392 e. The molecule has 0 bridgehead atoms. The first-order valence-corrected chi connectivity index (χ1v) is 6.13. The minimum Gasteiger partial charge on any atom is -0.392 e. The predicted octanol–water partition coefficient (Wildman–Crippen LogP) is 3.29. The second-order valence-corrected chi connectivity index (χ2v) is 5.16. The Bertz CT molecular complexity index is 450. The molecule has 1 heterocycles. The highest BCUT2D eigenvalue weighted by Gasteiger charge is 2.08. The lowest BCUT2D eigenvalue weighted by molar-refractivity contribution is 0.283. The molecule has 1 aromatic carbocycles. The van der Waals surface area contributed by atoms with Gasteiger partial charge in [0.1, 0.15) is 0 Å². The average molecular weight is 322 g/mol. The minimum absolute atomic E-state index is 0.104. The monoisotopic (exact) mass is 322 g/mol. The van der Waals surface area contributed by atoms with Gasteiger partial charge in [-0.2, -0.15) is 0 Å². The van der Waals surface area contributed by atoms with Crippen LogP contribution in [0.4, 0.5) is 0 Å². The van der Waals surface area contributed by atoms with Crippen molar-refractivity contribution in [1.29, 1.82) is 0 Å². The Morgan fingerprint density at radius 3 is 2.92 bits per heavy atom. The van der Waals surface area contributed by atoms with Crippen molar-refractivity contribution in [3.63, 3.8) is 0 Å². The zero-order valence-electron chi connectivity index (χ0n) is 6.62. The highest BCUT2D eigenvalue weighted by atomic mass is 127. The summed E-state index contributed by atoms with van der Waals surface area (Å²) in [6, 6.07) is 4.04. The summed E-state index contributed by atoms with van der Waals surface area (Å²) >= 11 is 8.28. The minimum atomic E-state index is 0.104. The van der Waals surface area contributed by atoms with Crippen LogP contribution >= 0.6 is 46.6 Å². The van der Waals surface area contributed by atoms with Crippen molar-refractivity contribution in [2.24, 2.45) is 0 Å². The molecule has 1 N–H and O–H groups in total. The summed E-state index contributed by atoms with van der Waals surface area (Å²) in [5.41, 5.74) is 1.00. The smallest absolute Gasteiger partial charge is 0.0696 e. The molecule has 0 atom stereocenters. The van der Waals surface area contributed by atoms with Crippen LogP contribution < -0.4 is 0 Å². The van der Waals surface area contributed by atoms with Crippen LogP contribution in [0.2, 0.25) is 0 Å². The Balaban J connectivity index is 2.85. The van der Waals surface area contributed by atoms with Gasteiger partial charge in [-0.15, -0.1) is 24.0 Å². The number of hydrogen-bond acceptors (Lipinski definition) is 3. The van der Waals surface area contributed by atoms with Gasteiger partial charge in [-0.05, 0) is 45.7 Å². The number of rotatable bonds is 1. The normalized spacial score (nSPS) is 11.0. The van der Waals surface area contributed by atoms with E-state index in [0.717, 1.165) is 19.4 Å². The summed E-state index contributed by atoms with van der Waals surface area (Å²) < 4.78 is 2.34. The molecule has 0 fully saturated rings. The van der Waals surface area contributed by atoms with E-state index in [1.807, 2.05) is 17.5 Å². The molecule has 0 radical (unpaired) electrons. The van der Waals surface area contributed by atoms with Gasteiger partial charge >= 0.3 is 0 Å². The van der Waals surface area contributed by atoms with Gasteiger partial charge in [0, 0.05) is 18.6 Å². The summed E-state index contributed by atoms with van der Waals surface area (Å²) in [4.78, 5) is 0.973.